The van der Waals surface area contributed by atoms with Crippen LogP contribution in [0.5, 0.6) is 5.75 Å². The van der Waals surface area contributed by atoms with E-state index in [0.29, 0.717) is 30.3 Å². The van der Waals surface area contributed by atoms with Crippen LogP contribution in [-0.2, 0) is 16.0 Å². The molecule has 1 aromatic carbocycles. The summed E-state index contributed by atoms with van der Waals surface area (Å²) in [6, 6.07) is 8.04. The summed E-state index contributed by atoms with van der Waals surface area (Å²) in [6.07, 6.45) is 4.51. The lowest BCUT2D eigenvalue weighted by Crippen LogP contribution is -2.47. The standard InChI is InChI=1S/C22H31N3O4/c1-3-29-21(26)19-14-23-22(27)24-20(19)15-25-12-10-17(11-13-25)5-4-16-6-8-18(28-2)9-7-16/h6-9,17H,3-5,10-15H2,1-2H3,(H2,23,24,27). The number of hydrogen-bond acceptors (Lipinski definition) is 5. The summed E-state index contributed by atoms with van der Waals surface area (Å²) < 4.78 is 10.3. The minimum atomic E-state index is -0.357. The fourth-order valence-electron chi connectivity index (χ4n) is 3.90. The van der Waals surface area contributed by atoms with E-state index >= 15 is 0 Å². The van der Waals surface area contributed by atoms with E-state index in [-0.39, 0.29) is 18.5 Å². The quantitative estimate of drug-likeness (QED) is 0.654. The molecule has 2 amide bonds. The lowest BCUT2D eigenvalue weighted by molar-refractivity contribution is -0.138. The number of benzene rings is 1. The highest BCUT2D eigenvalue weighted by molar-refractivity contribution is 5.93. The van der Waals surface area contributed by atoms with Crippen LogP contribution in [0.4, 0.5) is 4.79 Å². The molecule has 2 heterocycles. The maximum Gasteiger partial charge on any atom is 0.337 e. The van der Waals surface area contributed by atoms with E-state index in [1.807, 2.05) is 12.1 Å². The van der Waals surface area contributed by atoms with Gasteiger partial charge in [0.15, 0.2) is 0 Å². The SMILES string of the molecule is CCOC(=O)C1=C(CN2CCC(CCc3ccc(OC)cc3)CC2)NC(=O)NC1. The molecule has 2 aliphatic heterocycles. The fourth-order valence-corrected chi connectivity index (χ4v) is 3.90. The van der Waals surface area contributed by atoms with E-state index in [4.69, 9.17) is 9.47 Å². The second-order valence-corrected chi connectivity index (χ2v) is 7.59. The number of rotatable bonds is 8. The van der Waals surface area contributed by atoms with Crippen LogP contribution >= 0.6 is 0 Å². The Labute approximate surface area is 172 Å². The van der Waals surface area contributed by atoms with Gasteiger partial charge >= 0.3 is 12.0 Å². The molecule has 2 aliphatic rings. The number of nitrogens with zero attached hydrogens (tertiary/aromatic N) is 1. The summed E-state index contributed by atoms with van der Waals surface area (Å²) in [5.74, 6) is 1.24. The molecule has 0 bridgehead atoms. The van der Waals surface area contributed by atoms with Gasteiger partial charge in [-0.1, -0.05) is 12.1 Å². The number of likely N-dealkylation sites (tertiary alicyclic amines) is 1. The molecule has 1 fully saturated rings. The van der Waals surface area contributed by atoms with Gasteiger partial charge in [-0.3, -0.25) is 4.90 Å². The van der Waals surface area contributed by atoms with Crippen LogP contribution < -0.4 is 15.4 Å². The Balaban J connectivity index is 1.49. The van der Waals surface area contributed by atoms with Crippen LogP contribution in [-0.4, -0.2) is 56.8 Å². The normalized spacial score (nSPS) is 18.2. The van der Waals surface area contributed by atoms with Crippen molar-refractivity contribution in [2.45, 2.75) is 32.6 Å². The third kappa shape index (κ3) is 5.97. The molecule has 3 rings (SSSR count). The molecule has 0 radical (unpaired) electrons. The molecule has 1 aromatic rings. The average Bonchev–Trinajstić information content (AvgIpc) is 2.74. The summed E-state index contributed by atoms with van der Waals surface area (Å²) in [4.78, 5) is 26.2. The Morgan fingerprint density at radius 2 is 1.93 bits per heavy atom. The number of esters is 1. The number of amides is 2. The first kappa shape index (κ1) is 21.2. The Bertz CT molecular complexity index is 737. The molecule has 158 valence electrons. The minimum absolute atomic E-state index is 0.221. The summed E-state index contributed by atoms with van der Waals surface area (Å²) in [5.41, 5.74) is 2.53. The number of aryl methyl sites for hydroxylation is 1. The molecular weight excluding hydrogens is 370 g/mol. The van der Waals surface area contributed by atoms with Gasteiger partial charge in [-0.25, -0.2) is 9.59 Å². The number of ether oxygens (including phenoxy) is 2. The second kappa shape index (κ2) is 10.3. The zero-order valence-corrected chi connectivity index (χ0v) is 17.3. The number of carbonyl (C=O) groups is 2. The molecule has 29 heavy (non-hydrogen) atoms. The Hall–Kier alpha value is -2.54. The predicted molar refractivity (Wildman–Crippen MR) is 111 cm³/mol. The van der Waals surface area contributed by atoms with E-state index in [9.17, 15) is 9.59 Å². The van der Waals surface area contributed by atoms with Crippen molar-refractivity contribution in [2.75, 3.05) is 39.9 Å². The number of hydrogen-bond donors (Lipinski definition) is 2. The summed E-state index contributed by atoms with van der Waals surface area (Å²) in [6.45, 7) is 4.84. The minimum Gasteiger partial charge on any atom is -0.497 e. The second-order valence-electron chi connectivity index (χ2n) is 7.59. The molecule has 7 nitrogen and oxygen atoms in total. The first-order valence-electron chi connectivity index (χ1n) is 10.4. The maximum absolute atomic E-state index is 12.2. The van der Waals surface area contributed by atoms with Gasteiger partial charge in [-0.15, -0.1) is 0 Å². The highest BCUT2D eigenvalue weighted by Gasteiger charge is 2.26. The lowest BCUT2D eigenvalue weighted by atomic mass is 9.90. The number of urea groups is 1. The maximum atomic E-state index is 12.2. The van der Waals surface area contributed by atoms with Crippen LogP contribution in [0.1, 0.15) is 31.7 Å². The molecule has 0 unspecified atom stereocenters. The van der Waals surface area contributed by atoms with Crippen LogP contribution in [0.15, 0.2) is 35.5 Å². The predicted octanol–water partition coefficient (Wildman–Crippen LogP) is 2.47. The lowest BCUT2D eigenvalue weighted by Gasteiger charge is -2.33. The van der Waals surface area contributed by atoms with E-state index < -0.39 is 0 Å². The van der Waals surface area contributed by atoms with Crippen LogP contribution in [0.2, 0.25) is 0 Å². The van der Waals surface area contributed by atoms with Crippen molar-refractivity contribution < 1.29 is 19.1 Å². The van der Waals surface area contributed by atoms with Crippen molar-refractivity contribution >= 4 is 12.0 Å². The third-order valence-electron chi connectivity index (χ3n) is 5.67. The van der Waals surface area contributed by atoms with Gasteiger partial charge in [0.1, 0.15) is 5.75 Å². The summed E-state index contributed by atoms with van der Waals surface area (Å²) >= 11 is 0. The van der Waals surface area contributed by atoms with E-state index in [0.717, 1.165) is 38.1 Å². The highest BCUT2D eigenvalue weighted by Crippen LogP contribution is 2.24. The van der Waals surface area contributed by atoms with Crippen molar-refractivity contribution in [3.63, 3.8) is 0 Å². The number of nitrogens with one attached hydrogen (secondary N) is 2. The highest BCUT2D eigenvalue weighted by atomic mass is 16.5. The van der Waals surface area contributed by atoms with Crippen LogP contribution in [0.25, 0.3) is 0 Å². The molecule has 1 saturated heterocycles. The van der Waals surface area contributed by atoms with Gasteiger partial charge < -0.3 is 20.1 Å². The number of carbonyl (C=O) groups excluding carboxylic acids is 2. The van der Waals surface area contributed by atoms with E-state index in [1.165, 1.54) is 12.0 Å². The molecule has 0 spiro atoms. The summed E-state index contributed by atoms with van der Waals surface area (Å²) in [5, 5.41) is 5.45. The van der Waals surface area contributed by atoms with Gasteiger partial charge in [-0.05, 0) is 69.3 Å². The largest absolute Gasteiger partial charge is 0.497 e. The van der Waals surface area contributed by atoms with Crippen molar-refractivity contribution in [1.82, 2.24) is 15.5 Å². The molecular formula is C22H31N3O4. The molecule has 7 heteroatoms. The van der Waals surface area contributed by atoms with E-state index in [2.05, 4.69) is 27.7 Å². The van der Waals surface area contributed by atoms with Crippen molar-refractivity contribution in [1.29, 1.82) is 0 Å². The van der Waals surface area contributed by atoms with Crippen LogP contribution in [0.3, 0.4) is 0 Å². The number of methoxy groups -OCH3 is 1. The zero-order valence-electron chi connectivity index (χ0n) is 17.3. The third-order valence-corrected chi connectivity index (χ3v) is 5.67. The van der Waals surface area contributed by atoms with Crippen molar-refractivity contribution in [2.24, 2.45) is 5.92 Å². The Morgan fingerprint density at radius 1 is 1.21 bits per heavy atom. The van der Waals surface area contributed by atoms with Gasteiger partial charge in [0.2, 0.25) is 0 Å². The monoisotopic (exact) mass is 401 g/mol. The fraction of sp³-hybridized carbons (Fsp3) is 0.545. The zero-order chi connectivity index (χ0) is 20.6. The van der Waals surface area contributed by atoms with Gasteiger partial charge in [-0.2, -0.15) is 0 Å². The molecule has 0 atom stereocenters. The van der Waals surface area contributed by atoms with Crippen molar-refractivity contribution in [3.05, 3.63) is 41.1 Å². The summed E-state index contributed by atoms with van der Waals surface area (Å²) in [7, 11) is 1.68. The Morgan fingerprint density at radius 3 is 2.59 bits per heavy atom. The average molecular weight is 402 g/mol. The van der Waals surface area contributed by atoms with Crippen LogP contribution in [0, 0.1) is 5.92 Å². The van der Waals surface area contributed by atoms with Gasteiger partial charge in [0.05, 0.1) is 25.8 Å². The Kier molecular flexibility index (Phi) is 7.52. The van der Waals surface area contributed by atoms with E-state index in [1.54, 1.807) is 14.0 Å². The first-order valence-corrected chi connectivity index (χ1v) is 10.4. The molecule has 0 aliphatic carbocycles. The number of piperidine rings is 1. The molecule has 0 aromatic heterocycles. The molecule has 0 saturated carbocycles. The van der Waals surface area contributed by atoms with Gasteiger partial charge in [0.25, 0.3) is 0 Å². The topological polar surface area (TPSA) is 79.9 Å². The molecule has 2 N–H and O–H groups in total. The first-order chi connectivity index (χ1) is 14.1. The van der Waals surface area contributed by atoms with Gasteiger partial charge in [0, 0.05) is 12.2 Å². The smallest absolute Gasteiger partial charge is 0.337 e. The van der Waals surface area contributed by atoms with Crippen molar-refractivity contribution in [3.8, 4) is 5.75 Å².